The van der Waals surface area contributed by atoms with Gasteiger partial charge in [0, 0.05) is 13.1 Å². The number of hydrogen-bond donors (Lipinski definition) is 1. The number of likely N-dealkylation sites (tertiary alicyclic amines) is 1. The Morgan fingerprint density at radius 2 is 1.86 bits per heavy atom. The fourth-order valence-electron chi connectivity index (χ4n) is 3.30. The zero-order chi connectivity index (χ0) is 15.1. The van der Waals surface area contributed by atoms with Crippen LogP contribution in [0.5, 0.6) is 0 Å². The summed E-state index contributed by atoms with van der Waals surface area (Å²) in [4.78, 5) is 16.5. The highest BCUT2D eigenvalue weighted by atomic mass is 16.2. The van der Waals surface area contributed by atoms with Crippen LogP contribution < -0.4 is 5.32 Å². The van der Waals surface area contributed by atoms with Gasteiger partial charge in [0.25, 0.3) is 0 Å². The van der Waals surface area contributed by atoms with Gasteiger partial charge in [0.15, 0.2) is 0 Å². The van der Waals surface area contributed by atoms with Gasteiger partial charge in [0.05, 0.1) is 6.54 Å². The van der Waals surface area contributed by atoms with E-state index in [-0.39, 0.29) is 5.91 Å². The highest BCUT2D eigenvalue weighted by Gasteiger charge is 2.25. The van der Waals surface area contributed by atoms with Crippen LogP contribution in [-0.4, -0.2) is 61.5 Å². The van der Waals surface area contributed by atoms with Crippen LogP contribution in [0.3, 0.4) is 0 Å². The molecule has 2 aliphatic rings. The zero-order valence-electron chi connectivity index (χ0n) is 13.9. The number of carbonyl (C=O) groups excluding carboxylic acids is 1. The molecule has 1 aliphatic carbocycles. The maximum Gasteiger partial charge on any atom is 0.234 e. The number of rotatable bonds is 9. The summed E-state index contributed by atoms with van der Waals surface area (Å²) in [6.45, 7) is 11.6. The van der Waals surface area contributed by atoms with Gasteiger partial charge in [0.1, 0.15) is 0 Å². The van der Waals surface area contributed by atoms with Crippen LogP contribution in [0.4, 0.5) is 0 Å². The maximum absolute atomic E-state index is 11.6. The van der Waals surface area contributed by atoms with Crippen LogP contribution in [0.15, 0.2) is 0 Å². The van der Waals surface area contributed by atoms with Crippen LogP contribution >= 0.6 is 0 Å². The van der Waals surface area contributed by atoms with Gasteiger partial charge in [-0.25, -0.2) is 0 Å². The van der Waals surface area contributed by atoms with Gasteiger partial charge in [0.2, 0.25) is 5.91 Å². The molecule has 0 bridgehead atoms. The molecule has 2 fully saturated rings. The summed E-state index contributed by atoms with van der Waals surface area (Å²) < 4.78 is 0. The first kappa shape index (κ1) is 16.8. The Balaban J connectivity index is 1.58. The molecule has 0 aromatic heterocycles. The quantitative estimate of drug-likeness (QED) is 0.706. The monoisotopic (exact) mass is 295 g/mol. The van der Waals surface area contributed by atoms with Crippen molar-refractivity contribution in [3.63, 3.8) is 0 Å². The van der Waals surface area contributed by atoms with E-state index in [1.54, 1.807) is 0 Å². The molecule has 0 atom stereocenters. The highest BCUT2D eigenvalue weighted by molar-refractivity contribution is 5.77. The molecule has 1 saturated carbocycles. The number of likely N-dealkylation sites (N-methyl/N-ethyl adjacent to an activating group) is 1. The second-order valence-corrected chi connectivity index (χ2v) is 6.80. The van der Waals surface area contributed by atoms with Crippen molar-refractivity contribution in [2.45, 2.75) is 46.0 Å². The van der Waals surface area contributed by atoms with Gasteiger partial charge in [-0.2, -0.15) is 0 Å². The zero-order valence-corrected chi connectivity index (χ0v) is 13.9. The number of piperidine rings is 1. The normalized spacial score (nSPS) is 20.9. The third-order valence-corrected chi connectivity index (χ3v) is 4.96. The second kappa shape index (κ2) is 8.74. The van der Waals surface area contributed by atoms with Crippen LogP contribution in [-0.2, 0) is 4.79 Å². The van der Waals surface area contributed by atoms with Crippen LogP contribution in [0, 0.1) is 11.8 Å². The molecule has 0 radical (unpaired) electrons. The van der Waals surface area contributed by atoms with E-state index in [9.17, 15) is 4.79 Å². The molecule has 21 heavy (non-hydrogen) atoms. The van der Waals surface area contributed by atoms with Crippen molar-refractivity contribution in [1.29, 1.82) is 0 Å². The fraction of sp³-hybridized carbons (Fsp3) is 0.941. The van der Waals surface area contributed by atoms with Crippen molar-refractivity contribution in [3.05, 3.63) is 0 Å². The summed E-state index contributed by atoms with van der Waals surface area (Å²) >= 11 is 0. The van der Waals surface area contributed by atoms with Crippen molar-refractivity contribution in [2.24, 2.45) is 11.8 Å². The van der Waals surface area contributed by atoms with E-state index in [1.165, 1.54) is 51.7 Å². The molecule has 1 heterocycles. The molecule has 1 amide bonds. The number of carbonyl (C=O) groups is 1. The van der Waals surface area contributed by atoms with E-state index < -0.39 is 0 Å². The molecular formula is C17H33N3O. The third kappa shape index (κ3) is 6.35. The van der Waals surface area contributed by atoms with E-state index in [1.807, 2.05) is 6.92 Å². The van der Waals surface area contributed by atoms with E-state index in [0.29, 0.717) is 6.54 Å². The SMILES string of the molecule is CCNC(=O)CN1CCC(CCN(CC)CC2CC2)CC1. The van der Waals surface area contributed by atoms with E-state index in [4.69, 9.17) is 0 Å². The first-order valence-electron chi connectivity index (χ1n) is 8.92. The number of hydrogen-bond acceptors (Lipinski definition) is 3. The smallest absolute Gasteiger partial charge is 0.234 e. The minimum absolute atomic E-state index is 0.178. The summed E-state index contributed by atoms with van der Waals surface area (Å²) in [6.07, 6.45) is 6.78. The lowest BCUT2D eigenvalue weighted by Gasteiger charge is -2.32. The van der Waals surface area contributed by atoms with Crippen LogP contribution in [0.25, 0.3) is 0 Å². The van der Waals surface area contributed by atoms with Crippen LogP contribution in [0.1, 0.15) is 46.0 Å². The van der Waals surface area contributed by atoms with Crippen molar-refractivity contribution in [2.75, 3.05) is 45.8 Å². The van der Waals surface area contributed by atoms with Crippen LogP contribution in [0.2, 0.25) is 0 Å². The minimum Gasteiger partial charge on any atom is -0.355 e. The maximum atomic E-state index is 11.6. The first-order chi connectivity index (χ1) is 10.2. The minimum atomic E-state index is 0.178. The predicted octanol–water partition coefficient (Wildman–Crippen LogP) is 1.96. The fourth-order valence-corrected chi connectivity index (χ4v) is 3.30. The van der Waals surface area contributed by atoms with E-state index in [0.717, 1.165) is 31.5 Å². The van der Waals surface area contributed by atoms with Crippen molar-refractivity contribution in [1.82, 2.24) is 15.1 Å². The molecular weight excluding hydrogens is 262 g/mol. The Morgan fingerprint density at radius 1 is 1.14 bits per heavy atom. The van der Waals surface area contributed by atoms with E-state index in [2.05, 4.69) is 22.0 Å². The molecule has 4 nitrogen and oxygen atoms in total. The average Bonchev–Trinajstić information content (AvgIpc) is 3.29. The Kier molecular flexibility index (Phi) is 6.97. The Bertz CT molecular complexity index is 309. The summed E-state index contributed by atoms with van der Waals surface area (Å²) in [6, 6.07) is 0. The molecule has 4 heteroatoms. The summed E-state index contributed by atoms with van der Waals surface area (Å²) in [5.74, 6) is 2.05. The summed E-state index contributed by atoms with van der Waals surface area (Å²) in [7, 11) is 0. The highest BCUT2D eigenvalue weighted by Crippen LogP contribution is 2.30. The predicted molar refractivity (Wildman–Crippen MR) is 87.3 cm³/mol. The topological polar surface area (TPSA) is 35.6 Å². The summed E-state index contributed by atoms with van der Waals surface area (Å²) in [5, 5.41) is 2.89. The van der Waals surface area contributed by atoms with Gasteiger partial charge < -0.3 is 10.2 Å². The van der Waals surface area contributed by atoms with Gasteiger partial charge in [-0.05, 0) is 77.0 Å². The van der Waals surface area contributed by atoms with E-state index >= 15 is 0 Å². The van der Waals surface area contributed by atoms with Gasteiger partial charge >= 0.3 is 0 Å². The number of nitrogens with zero attached hydrogens (tertiary/aromatic N) is 2. The third-order valence-electron chi connectivity index (χ3n) is 4.96. The lowest BCUT2D eigenvalue weighted by atomic mass is 9.93. The van der Waals surface area contributed by atoms with Crippen molar-refractivity contribution >= 4 is 5.91 Å². The van der Waals surface area contributed by atoms with Crippen molar-refractivity contribution in [3.8, 4) is 0 Å². The average molecular weight is 295 g/mol. The molecule has 1 aliphatic heterocycles. The first-order valence-corrected chi connectivity index (χ1v) is 8.92. The van der Waals surface area contributed by atoms with Crippen molar-refractivity contribution < 1.29 is 4.79 Å². The van der Waals surface area contributed by atoms with Gasteiger partial charge in [-0.15, -0.1) is 0 Å². The summed E-state index contributed by atoms with van der Waals surface area (Å²) in [5.41, 5.74) is 0. The molecule has 1 N–H and O–H groups in total. The molecule has 0 spiro atoms. The number of amides is 1. The molecule has 0 aromatic rings. The van der Waals surface area contributed by atoms with Gasteiger partial charge in [-0.1, -0.05) is 6.92 Å². The molecule has 122 valence electrons. The Hall–Kier alpha value is -0.610. The molecule has 0 unspecified atom stereocenters. The molecule has 2 rings (SSSR count). The molecule has 0 aromatic carbocycles. The largest absolute Gasteiger partial charge is 0.355 e. The number of nitrogens with one attached hydrogen (secondary N) is 1. The standard InChI is InChI=1S/C17H33N3O/c1-3-18-17(21)14-20-11-8-15(9-12-20)7-10-19(4-2)13-16-5-6-16/h15-16H,3-14H2,1-2H3,(H,18,21). The Labute approximate surface area is 130 Å². The lowest BCUT2D eigenvalue weighted by molar-refractivity contribution is -0.122. The lowest BCUT2D eigenvalue weighted by Crippen LogP contribution is -2.42. The second-order valence-electron chi connectivity index (χ2n) is 6.80. The molecule has 1 saturated heterocycles. The Morgan fingerprint density at radius 3 is 2.43 bits per heavy atom. The van der Waals surface area contributed by atoms with Gasteiger partial charge in [-0.3, -0.25) is 9.69 Å².